The fourth-order valence-corrected chi connectivity index (χ4v) is 3.13. The summed E-state index contributed by atoms with van der Waals surface area (Å²) in [5.74, 6) is -0.624. The van der Waals surface area contributed by atoms with E-state index < -0.39 is 16.0 Å². The van der Waals surface area contributed by atoms with Crippen molar-refractivity contribution in [3.05, 3.63) is 35.9 Å². The molecule has 0 heterocycles. The van der Waals surface area contributed by atoms with Crippen LogP contribution < -0.4 is 4.72 Å². The minimum atomic E-state index is -3.52. The van der Waals surface area contributed by atoms with Crippen molar-refractivity contribution in [1.82, 2.24) is 4.72 Å². The summed E-state index contributed by atoms with van der Waals surface area (Å²) in [6.45, 7) is 0.470. The molecule has 0 bridgehead atoms. The minimum Gasteiger partial charge on any atom is -0.478 e. The summed E-state index contributed by atoms with van der Waals surface area (Å²) in [5, 5.41) is 8.57. The van der Waals surface area contributed by atoms with Gasteiger partial charge < -0.3 is 5.11 Å². The molecule has 1 fully saturated rings. The Bertz CT molecular complexity index is 618. The van der Waals surface area contributed by atoms with Crippen LogP contribution in [-0.4, -0.2) is 26.0 Å². The van der Waals surface area contributed by atoms with Crippen LogP contribution in [-0.2, 0) is 14.8 Å². The molecule has 0 unspecified atom stereocenters. The molecule has 0 spiro atoms. The SMILES string of the molecule is O=C(O)C=Cc1cccc(S(=O)(=O)NCC2CCC2)c1. The number of hydrogen-bond acceptors (Lipinski definition) is 3. The van der Waals surface area contributed by atoms with Crippen LogP contribution in [0.1, 0.15) is 24.8 Å². The van der Waals surface area contributed by atoms with Crippen molar-refractivity contribution < 1.29 is 18.3 Å². The van der Waals surface area contributed by atoms with E-state index in [1.807, 2.05) is 0 Å². The maximum Gasteiger partial charge on any atom is 0.328 e. The van der Waals surface area contributed by atoms with Gasteiger partial charge in [-0.2, -0.15) is 0 Å². The van der Waals surface area contributed by atoms with Gasteiger partial charge in [0, 0.05) is 12.6 Å². The van der Waals surface area contributed by atoms with Crippen molar-refractivity contribution in [3.8, 4) is 0 Å². The lowest BCUT2D eigenvalue weighted by atomic mass is 9.86. The molecule has 0 aromatic heterocycles. The summed E-state index contributed by atoms with van der Waals surface area (Å²) in [4.78, 5) is 10.6. The second-order valence-electron chi connectivity index (χ2n) is 4.89. The third kappa shape index (κ3) is 3.91. The van der Waals surface area contributed by atoms with Gasteiger partial charge in [-0.1, -0.05) is 18.6 Å². The van der Waals surface area contributed by atoms with E-state index in [0.29, 0.717) is 18.0 Å². The maximum atomic E-state index is 12.1. The number of carboxylic acids is 1. The Morgan fingerprint density at radius 1 is 1.40 bits per heavy atom. The van der Waals surface area contributed by atoms with E-state index in [9.17, 15) is 13.2 Å². The van der Waals surface area contributed by atoms with E-state index in [4.69, 9.17) is 5.11 Å². The first-order valence-electron chi connectivity index (χ1n) is 6.48. The fraction of sp³-hybridized carbons (Fsp3) is 0.357. The summed E-state index contributed by atoms with van der Waals surface area (Å²) in [6.07, 6.45) is 5.66. The lowest BCUT2D eigenvalue weighted by Gasteiger charge is -2.25. The average Bonchev–Trinajstić information content (AvgIpc) is 2.35. The van der Waals surface area contributed by atoms with Gasteiger partial charge >= 0.3 is 5.97 Å². The topological polar surface area (TPSA) is 83.5 Å². The summed E-state index contributed by atoms with van der Waals surface area (Å²) >= 11 is 0. The predicted molar refractivity (Wildman–Crippen MR) is 75.6 cm³/mol. The number of hydrogen-bond donors (Lipinski definition) is 2. The number of carbonyl (C=O) groups is 1. The molecule has 0 radical (unpaired) electrons. The van der Waals surface area contributed by atoms with Gasteiger partial charge in [-0.15, -0.1) is 0 Å². The minimum absolute atomic E-state index is 0.157. The molecule has 0 saturated heterocycles. The number of carboxylic acid groups (broad SMARTS) is 1. The number of rotatable bonds is 6. The van der Waals surface area contributed by atoms with Crippen molar-refractivity contribution in [2.75, 3.05) is 6.54 Å². The Hall–Kier alpha value is -1.66. The van der Waals surface area contributed by atoms with Crippen molar-refractivity contribution in [1.29, 1.82) is 0 Å². The number of benzene rings is 1. The smallest absolute Gasteiger partial charge is 0.328 e. The van der Waals surface area contributed by atoms with Gasteiger partial charge in [-0.05, 0) is 42.5 Å². The van der Waals surface area contributed by atoms with E-state index >= 15 is 0 Å². The summed E-state index contributed by atoms with van der Waals surface area (Å²) in [7, 11) is -3.52. The third-order valence-corrected chi connectivity index (χ3v) is 4.79. The zero-order chi connectivity index (χ0) is 14.6. The van der Waals surface area contributed by atoms with Crippen LogP contribution in [0.2, 0.25) is 0 Å². The van der Waals surface area contributed by atoms with E-state index in [1.54, 1.807) is 12.1 Å². The van der Waals surface area contributed by atoms with Crippen molar-refractivity contribution in [2.24, 2.45) is 5.92 Å². The Labute approximate surface area is 118 Å². The number of sulfonamides is 1. The Morgan fingerprint density at radius 2 is 2.15 bits per heavy atom. The van der Waals surface area contributed by atoms with Crippen LogP contribution >= 0.6 is 0 Å². The molecule has 0 aliphatic heterocycles. The molecule has 5 nitrogen and oxygen atoms in total. The first-order chi connectivity index (χ1) is 9.47. The van der Waals surface area contributed by atoms with Crippen LogP contribution in [0.3, 0.4) is 0 Å². The molecule has 6 heteroatoms. The molecule has 2 rings (SSSR count). The van der Waals surface area contributed by atoms with Gasteiger partial charge in [0.15, 0.2) is 0 Å². The van der Waals surface area contributed by atoms with Crippen LogP contribution in [0.5, 0.6) is 0 Å². The van der Waals surface area contributed by atoms with Gasteiger partial charge in [0.1, 0.15) is 0 Å². The second kappa shape index (κ2) is 6.19. The van der Waals surface area contributed by atoms with Gasteiger partial charge in [0.2, 0.25) is 10.0 Å². The fourth-order valence-electron chi connectivity index (χ4n) is 1.96. The van der Waals surface area contributed by atoms with E-state index in [-0.39, 0.29) is 4.90 Å². The van der Waals surface area contributed by atoms with Crippen molar-refractivity contribution in [2.45, 2.75) is 24.2 Å². The highest BCUT2D eigenvalue weighted by molar-refractivity contribution is 7.89. The summed E-state index contributed by atoms with van der Waals surface area (Å²) in [5.41, 5.74) is 0.541. The van der Waals surface area contributed by atoms with Crippen molar-refractivity contribution >= 4 is 22.1 Å². The van der Waals surface area contributed by atoms with Gasteiger partial charge in [0.05, 0.1) is 4.90 Å². The molecule has 0 amide bonds. The monoisotopic (exact) mass is 295 g/mol. The molecular formula is C14H17NO4S. The second-order valence-corrected chi connectivity index (χ2v) is 6.66. The van der Waals surface area contributed by atoms with Gasteiger partial charge in [-0.3, -0.25) is 0 Å². The molecule has 1 aliphatic rings. The highest BCUT2D eigenvalue weighted by atomic mass is 32.2. The molecule has 1 aromatic rings. The molecule has 2 N–H and O–H groups in total. The number of aliphatic carboxylic acids is 1. The van der Waals surface area contributed by atoms with Crippen LogP contribution in [0.4, 0.5) is 0 Å². The highest BCUT2D eigenvalue weighted by Crippen LogP contribution is 2.25. The Balaban J connectivity index is 2.09. The normalized spacial score (nSPS) is 16.2. The van der Waals surface area contributed by atoms with Crippen LogP contribution in [0.25, 0.3) is 6.08 Å². The lowest BCUT2D eigenvalue weighted by Crippen LogP contribution is -2.32. The summed E-state index contributed by atoms with van der Waals surface area (Å²) in [6, 6.07) is 6.22. The Morgan fingerprint density at radius 3 is 2.75 bits per heavy atom. The van der Waals surface area contributed by atoms with E-state index in [2.05, 4.69) is 4.72 Å². The van der Waals surface area contributed by atoms with E-state index in [1.165, 1.54) is 24.6 Å². The third-order valence-electron chi connectivity index (χ3n) is 3.37. The van der Waals surface area contributed by atoms with Crippen molar-refractivity contribution in [3.63, 3.8) is 0 Å². The largest absolute Gasteiger partial charge is 0.478 e. The zero-order valence-electron chi connectivity index (χ0n) is 11.0. The molecule has 0 atom stereocenters. The molecule has 1 aliphatic carbocycles. The standard InChI is InChI=1S/C14H17NO4S/c16-14(17)8-7-11-3-2-6-13(9-11)20(18,19)15-10-12-4-1-5-12/h2-3,6-9,12,15H,1,4-5,10H2,(H,16,17). The molecule has 108 valence electrons. The van der Waals surface area contributed by atoms with Crippen LogP contribution in [0, 0.1) is 5.92 Å². The quantitative estimate of drug-likeness (QED) is 0.785. The molecule has 1 saturated carbocycles. The highest BCUT2D eigenvalue weighted by Gasteiger charge is 2.21. The van der Waals surface area contributed by atoms with E-state index in [0.717, 1.165) is 18.9 Å². The first-order valence-corrected chi connectivity index (χ1v) is 7.96. The number of nitrogens with one attached hydrogen (secondary N) is 1. The van der Waals surface area contributed by atoms with Gasteiger partial charge in [-0.25, -0.2) is 17.9 Å². The molecular weight excluding hydrogens is 278 g/mol. The average molecular weight is 295 g/mol. The lowest BCUT2D eigenvalue weighted by molar-refractivity contribution is -0.131. The predicted octanol–water partition coefficient (Wildman–Crippen LogP) is 1.86. The maximum absolute atomic E-state index is 12.1. The zero-order valence-corrected chi connectivity index (χ0v) is 11.8. The van der Waals surface area contributed by atoms with Gasteiger partial charge in [0.25, 0.3) is 0 Å². The summed E-state index contributed by atoms with van der Waals surface area (Å²) < 4.78 is 26.8. The molecule has 20 heavy (non-hydrogen) atoms. The van der Waals surface area contributed by atoms with Crippen LogP contribution in [0.15, 0.2) is 35.2 Å². The molecule has 1 aromatic carbocycles. The Kier molecular flexibility index (Phi) is 4.57. The first kappa shape index (κ1) is 14.7.